The number of hydrogen-bond acceptors (Lipinski definition) is 5. The van der Waals surface area contributed by atoms with Crippen molar-refractivity contribution >= 4 is 50.5 Å². The number of nitrogens with zero attached hydrogens (tertiary/aromatic N) is 1. The van der Waals surface area contributed by atoms with Crippen molar-refractivity contribution in [3.05, 3.63) is 23.9 Å². The second-order valence-electron chi connectivity index (χ2n) is 7.70. The fourth-order valence-corrected chi connectivity index (χ4v) is 5.20. The second kappa shape index (κ2) is 8.71. The first-order valence-electron chi connectivity index (χ1n) is 10.1. The van der Waals surface area contributed by atoms with Crippen LogP contribution in [0.2, 0.25) is 0 Å². The van der Waals surface area contributed by atoms with Crippen molar-refractivity contribution in [3.63, 3.8) is 0 Å². The summed E-state index contributed by atoms with van der Waals surface area (Å²) >= 11 is 6.65. The molecule has 28 heavy (non-hydrogen) atoms. The standard InChI is InChI=1S/C20H27N5OS2/c1-2-8-22-20(27)23-13-4-6-15-17(10-13)28-25-18(15)19(26)24-16-11-21-9-7-12-3-5-14(12)16/h4,6,10,12,14,16,21H,2-3,5,7-9,11H2,1H3,(H,24,26)(H2,22,23,27)/t12?,14-,16+/m0/s1. The number of thiocarbonyl (C=S) groups is 1. The Morgan fingerprint density at radius 2 is 2.25 bits per heavy atom. The normalized spacial score (nSPS) is 24.0. The van der Waals surface area contributed by atoms with E-state index in [0.717, 1.165) is 47.7 Å². The van der Waals surface area contributed by atoms with E-state index in [1.807, 2.05) is 18.2 Å². The molecule has 1 aliphatic heterocycles. The van der Waals surface area contributed by atoms with Crippen LogP contribution >= 0.6 is 23.8 Å². The number of benzene rings is 1. The van der Waals surface area contributed by atoms with Crippen LogP contribution in [0.5, 0.6) is 0 Å². The Kier molecular flexibility index (Phi) is 6.08. The summed E-state index contributed by atoms with van der Waals surface area (Å²) in [6, 6.07) is 6.10. The lowest BCUT2D eigenvalue weighted by Gasteiger charge is -2.40. The summed E-state index contributed by atoms with van der Waals surface area (Å²) in [6.45, 7) is 4.85. The molecule has 2 fully saturated rings. The smallest absolute Gasteiger partial charge is 0.271 e. The van der Waals surface area contributed by atoms with Crippen LogP contribution in [0.25, 0.3) is 10.1 Å². The van der Waals surface area contributed by atoms with E-state index in [1.165, 1.54) is 30.8 Å². The lowest BCUT2D eigenvalue weighted by molar-refractivity contribution is 0.0845. The molecule has 150 valence electrons. The molecule has 0 spiro atoms. The van der Waals surface area contributed by atoms with E-state index in [4.69, 9.17) is 12.2 Å². The summed E-state index contributed by atoms with van der Waals surface area (Å²) in [6.07, 6.45) is 4.76. The minimum Gasteiger partial charge on any atom is -0.362 e. The largest absolute Gasteiger partial charge is 0.362 e. The van der Waals surface area contributed by atoms with Gasteiger partial charge in [-0.1, -0.05) is 6.92 Å². The van der Waals surface area contributed by atoms with Gasteiger partial charge in [0.05, 0.1) is 4.70 Å². The third-order valence-electron chi connectivity index (χ3n) is 5.85. The Hall–Kier alpha value is -1.77. The topological polar surface area (TPSA) is 78.1 Å². The van der Waals surface area contributed by atoms with Crippen molar-refractivity contribution < 1.29 is 4.79 Å². The van der Waals surface area contributed by atoms with Gasteiger partial charge in [-0.3, -0.25) is 4.79 Å². The third kappa shape index (κ3) is 4.14. The highest BCUT2D eigenvalue weighted by Gasteiger charge is 2.39. The SMILES string of the molecule is CCCNC(=S)Nc1ccc2c(C(=O)N[C@@H]3CNCCC4CC[C@@H]43)nsc2c1. The van der Waals surface area contributed by atoms with Crippen LogP contribution < -0.4 is 21.3 Å². The molecule has 1 aliphatic carbocycles. The summed E-state index contributed by atoms with van der Waals surface area (Å²) in [7, 11) is 0. The summed E-state index contributed by atoms with van der Waals surface area (Å²) < 4.78 is 5.43. The quantitative estimate of drug-likeness (QED) is 0.560. The molecule has 1 unspecified atom stereocenters. The van der Waals surface area contributed by atoms with Crippen molar-refractivity contribution in [2.75, 3.05) is 25.0 Å². The zero-order valence-corrected chi connectivity index (χ0v) is 17.7. The zero-order valence-electron chi connectivity index (χ0n) is 16.1. The van der Waals surface area contributed by atoms with E-state index >= 15 is 0 Å². The molecule has 4 rings (SSSR count). The first kappa shape index (κ1) is 19.5. The molecular weight excluding hydrogens is 390 g/mol. The molecule has 4 N–H and O–H groups in total. The maximum atomic E-state index is 12.9. The minimum atomic E-state index is -0.0635. The van der Waals surface area contributed by atoms with Crippen LogP contribution in [0.3, 0.4) is 0 Å². The van der Waals surface area contributed by atoms with E-state index in [2.05, 4.69) is 32.6 Å². The number of fused-ring (bicyclic) bond motifs is 2. The van der Waals surface area contributed by atoms with Crippen molar-refractivity contribution in [1.82, 2.24) is 20.3 Å². The average molecular weight is 418 g/mol. The van der Waals surface area contributed by atoms with Crippen LogP contribution in [0.15, 0.2) is 18.2 Å². The predicted molar refractivity (Wildman–Crippen MR) is 119 cm³/mol. The van der Waals surface area contributed by atoms with E-state index in [0.29, 0.717) is 16.7 Å². The van der Waals surface area contributed by atoms with Gasteiger partial charge in [0.1, 0.15) is 5.69 Å². The number of rotatable bonds is 5. The van der Waals surface area contributed by atoms with Crippen LogP contribution in [-0.4, -0.2) is 41.1 Å². The Bertz CT molecular complexity index is 867. The van der Waals surface area contributed by atoms with Crippen molar-refractivity contribution in [1.29, 1.82) is 0 Å². The molecule has 1 saturated carbocycles. The van der Waals surface area contributed by atoms with Crippen LogP contribution in [0, 0.1) is 11.8 Å². The fourth-order valence-electron chi connectivity index (χ4n) is 4.17. The van der Waals surface area contributed by atoms with E-state index < -0.39 is 0 Å². The fraction of sp³-hybridized carbons (Fsp3) is 0.550. The number of anilines is 1. The van der Waals surface area contributed by atoms with Crippen molar-refractivity contribution in [3.8, 4) is 0 Å². The molecule has 1 aromatic heterocycles. The van der Waals surface area contributed by atoms with E-state index in [9.17, 15) is 4.79 Å². The highest BCUT2D eigenvalue weighted by atomic mass is 32.1. The zero-order chi connectivity index (χ0) is 19.5. The van der Waals surface area contributed by atoms with E-state index in [-0.39, 0.29) is 11.9 Å². The van der Waals surface area contributed by atoms with Gasteiger partial charge in [-0.05, 0) is 86.0 Å². The van der Waals surface area contributed by atoms with Gasteiger partial charge in [-0.15, -0.1) is 0 Å². The molecule has 2 heterocycles. The lowest BCUT2D eigenvalue weighted by atomic mass is 9.69. The van der Waals surface area contributed by atoms with Gasteiger partial charge in [0.2, 0.25) is 0 Å². The molecular formula is C20H27N5OS2. The van der Waals surface area contributed by atoms with Gasteiger partial charge in [0.15, 0.2) is 5.11 Å². The Morgan fingerprint density at radius 1 is 1.36 bits per heavy atom. The number of carbonyl (C=O) groups is 1. The molecule has 0 radical (unpaired) electrons. The highest BCUT2D eigenvalue weighted by Crippen LogP contribution is 2.40. The molecule has 3 atom stereocenters. The van der Waals surface area contributed by atoms with Gasteiger partial charge in [-0.2, -0.15) is 4.37 Å². The number of nitrogens with one attached hydrogen (secondary N) is 4. The van der Waals surface area contributed by atoms with Gasteiger partial charge >= 0.3 is 0 Å². The highest BCUT2D eigenvalue weighted by molar-refractivity contribution is 7.80. The monoisotopic (exact) mass is 417 g/mol. The number of hydrogen-bond donors (Lipinski definition) is 4. The van der Waals surface area contributed by atoms with Gasteiger partial charge in [0, 0.05) is 30.2 Å². The lowest BCUT2D eigenvalue weighted by Crippen LogP contribution is -2.49. The Balaban J connectivity index is 1.45. The van der Waals surface area contributed by atoms with Crippen LogP contribution in [0.4, 0.5) is 5.69 Å². The van der Waals surface area contributed by atoms with Gasteiger partial charge < -0.3 is 21.3 Å². The summed E-state index contributed by atoms with van der Waals surface area (Å²) in [5.41, 5.74) is 1.43. The number of aromatic nitrogens is 1. The molecule has 2 aromatic rings. The molecule has 6 nitrogen and oxygen atoms in total. The minimum absolute atomic E-state index is 0.0635. The van der Waals surface area contributed by atoms with Crippen molar-refractivity contribution in [2.24, 2.45) is 11.8 Å². The average Bonchev–Trinajstić information content (AvgIpc) is 3.02. The summed E-state index contributed by atoms with van der Waals surface area (Å²) in [5, 5.41) is 14.6. The number of amides is 1. The molecule has 1 aromatic carbocycles. The predicted octanol–water partition coefficient (Wildman–Crippen LogP) is 3.11. The van der Waals surface area contributed by atoms with E-state index in [1.54, 1.807) is 0 Å². The molecule has 1 saturated heterocycles. The summed E-state index contributed by atoms with van der Waals surface area (Å²) in [4.78, 5) is 12.9. The molecule has 1 amide bonds. The van der Waals surface area contributed by atoms with Gasteiger partial charge in [-0.25, -0.2) is 0 Å². The Morgan fingerprint density at radius 3 is 3.04 bits per heavy atom. The number of carbonyl (C=O) groups excluding carboxylic acids is 1. The maximum absolute atomic E-state index is 12.9. The molecule has 2 aliphatic rings. The first-order valence-corrected chi connectivity index (χ1v) is 11.3. The first-order chi connectivity index (χ1) is 13.7. The molecule has 0 bridgehead atoms. The second-order valence-corrected chi connectivity index (χ2v) is 8.91. The van der Waals surface area contributed by atoms with Crippen LogP contribution in [-0.2, 0) is 0 Å². The molecule has 8 heteroatoms. The van der Waals surface area contributed by atoms with Crippen LogP contribution in [0.1, 0.15) is 43.1 Å². The summed E-state index contributed by atoms with van der Waals surface area (Å²) in [5.74, 6) is 1.30. The third-order valence-corrected chi connectivity index (χ3v) is 6.90. The Labute approximate surface area is 175 Å². The van der Waals surface area contributed by atoms with Gasteiger partial charge in [0.25, 0.3) is 5.91 Å². The maximum Gasteiger partial charge on any atom is 0.271 e. The van der Waals surface area contributed by atoms with Crippen molar-refractivity contribution in [2.45, 2.75) is 38.6 Å².